The second-order valence-electron chi connectivity index (χ2n) is 3.22. The van der Waals surface area contributed by atoms with E-state index in [-0.39, 0.29) is 0 Å². The van der Waals surface area contributed by atoms with Gasteiger partial charge >= 0.3 is 0 Å². The first-order valence-corrected chi connectivity index (χ1v) is 4.84. The summed E-state index contributed by atoms with van der Waals surface area (Å²) < 4.78 is 5.48. The fourth-order valence-corrected chi connectivity index (χ4v) is 1.29. The molecule has 1 rings (SSSR count). The molecular formula is C12H13NO2. The van der Waals surface area contributed by atoms with Crippen LogP contribution in [0.5, 0.6) is 5.75 Å². The summed E-state index contributed by atoms with van der Waals surface area (Å²) in [5.41, 5.74) is 1.50. The number of benzene rings is 1. The third-order valence-corrected chi connectivity index (χ3v) is 2.05. The number of nitrogens with zero attached hydrogens (tertiary/aromatic N) is 1. The minimum Gasteiger partial charge on any atom is -0.493 e. The third-order valence-electron chi connectivity index (χ3n) is 2.05. The van der Waals surface area contributed by atoms with Crippen LogP contribution in [0, 0.1) is 18.3 Å². The van der Waals surface area contributed by atoms with Gasteiger partial charge in [0.05, 0.1) is 18.2 Å². The molecule has 0 heterocycles. The average Bonchev–Trinajstić information content (AvgIpc) is 2.26. The third kappa shape index (κ3) is 3.10. The number of ether oxygens (including phenoxy) is 1. The summed E-state index contributed by atoms with van der Waals surface area (Å²) >= 11 is 0. The molecule has 0 aliphatic carbocycles. The quantitative estimate of drug-likeness (QED) is 0.545. The minimum absolute atomic E-state index is 0.471. The lowest BCUT2D eigenvalue weighted by Gasteiger charge is -2.10. The zero-order chi connectivity index (χ0) is 11.1. The van der Waals surface area contributed by atoms with Crippen LogP contribution in [0.4, 0.5) is 0 Å². The lowest BCUT2D eigenvalue weighted by atomic mass is 10.1. The number of hydrogen-bond donors (Lipinski definition) is 0. The van der Waals surface area contributed by atoms with Crippen molar-refractivity contribution in [2.75, 3.05) is 6.61 Å². The second kappa shape index (κ2) is 5.82. The Balaban J connectivity index is 2.67. The summed E-state index contributed by atoms with van der Waals surface area (Å²) in [5.74, 6) is 0.630. The van der Waals surface area contributed by atoms with Gasteiger partial charge in [0.15, 0.2) is 6.29 Å². The van der Waals surface area contributed by atoms with Crippen LogP contribution in [0.1, 0.15) is 28.8 Å². The van der Waals surface area contributed by atoms with E-state index < -0.39 is 0 Å². The van der Waals surface area contributed by atoms with E-state index in [1.807, 2.05) is 25.1 Å². The molecule has 15 heavy (non-hydrogen) atoms. The molecule has 0 radical (unpaired) electrons. The smallest absolute Gasteiger partial charge is 0.153 e. The van der Waals surface area contributed by atoms with E-state index in [9.17, 15) is 4.79 Å². The van der Waals surface area contributed by atoms with Crippen molar-refractivity contribution in [1.82, 2.24) is 0 Å². The normalized spacial score (nSPS) is 9.33. The molecule has 3 nitrogen and oxygen atoms in total. The van der Waals surface area contributed by atoms with Crippen molar-refractivity contribution in [3.05, 3.63) is 29.3 Å². The number of carbonyl (C=O) groups is 1. The molecule has 0 atom stereocenters. The Labute approximate surface area is 89.3 Å². The second-order valence-corrected chi connectivity index (χ2v) is 3.22. The van der Waals surface area contributed by atoms with E-state index in [2.05, 4.69) is 0 Å². The zero-order valence-corrected chi connectivity index (χ0v) is 8.69. The maximum atomic E-state index is 10.7. The highest BCUT2D eigenvalue weighted by molar-refractivity contribution is 5.80. The van der Waals surface area contributed by atoms with Crippen LogP contribution >= 0.6 is 0 Å². The molecule has 0 saturated heterocycles. The summed E-state index contributed by atoms with van der Waals surface area (Å²) in [6, 6.07) is 7.49. The van der Waals surface area contributed by atoms with Crippen LogP contribution in [0.15, 0.2) is 18.2 Å². The van der Waals surface area contributed by atoms with Crippen LogP contribution < -0.4 is 4.74 Å². The van der Waals surface area contributed by atoms with Crippen molar-refractivity contribution in [3.8, 4) is 11.8 Å². The summed E-state index contributed by atoms with van der Waals surface area (Å²) in [6.07, 6.45) is 1.94. The molecule has 1 aromatic rings. The maximum Gasteiger partial charge on any atom is 0.153 e. The molecule has 0 unspecified atom stereocenters. The Morgan fingerprint density at radius 1 is 1.53 bits per heavy atom. The molecule has 0 spiro atoms. The molecule has 0 aliphatic rings. The van der Waals surface area contributed by atoms with Crippen molar-refractivity contribution < 1.29 is 9.53 Å². The van der Waals surface area contributed by atoms with Gasteiger partial charge in [-0.25, -0.2) is 0 Å². The first-order chi connectivity index (χ1) is 7.29. The number of aldehydes is 1. The standard InChI is InChI=1S/C12H13NO2/c1-10-5-4-6-11(9-14)12(10)15-8-3-2-7-13/h4-6,9H,2-3,8H2,1H3. The van der Waals surface area contributed by atoms with E-state index in [1.54, 1.807) is 6.07 Å². The largest absolute Gasteiger partial charge is 0.493 e. The Morgan fingerprint density at radius 3 is 3.00 bits per heavy atom. The number of nitriles is 1. The van der Waals surface area contributed by atoms with Crippen molar-refractivity contribution in [3.63, 3.8) is 0 Å². The van der Waals surface area contributed by atoms with Gasteiger partial charge in [-0.15, -0.1) is 0 Å². The van der Waals surface area contributed by atoms with E-state index in [4.69, 9.17) is 10.00 Å². The first-order valence-electron chi connectivity index (χ1n) is 4.84. The minimum atomic E-state index is 0.471. The number of aryl methyl sites for hydroxylation is 1. The van der Waals surface area contributed by atoms with Gasteiger partial charge in [0.25, 0.3) is 0 Å². The molecule has 1 aromatic carbocycles. The fraction of sp³-hybridized carbons (Fsp3) is 0.333. The van der Waals surface area contributed by atoms with Gasteiger partial charge < -0.3 is 4.74 Å². The molecule has 78 valence electrons. The average molecular weight is 203 g/mol. The topological polar surface area (TPSA) is 50.1 Å². The lowest BCUT2D eigenvalue weighted by molar-refractivity contribution is 0.111. The predicted octanol–water partition coefficient (Wildman–Crippen LogP) is 2.49. The van der Waals surface area contributed by atoms with Gasteiger partial charge in [0, 0.05) is 6.42 Å². The van der Waals surface area contributed by atoms with Crippen LogP contribution in [0.3, 0.4) is 0 Å². The molecule has 0 aromatic heterocycles. The molecular weight excluding hydrogens is 190 g/mol. The fourth-order valence-electron chi connectivity index (χ4n) is 1.29. The highest BCUT2D eigenvalue weighted by atomic mass is 16.5. The Morgan fingerprint density at radius 2 is 2.33 bits per heavy atom. The summed E-state index contributed by atoms with van der Waals surface area (Å²) in [6.45, 7) is 2.37. The highest BCUT2D eigenvalue weighted by Gasteiger charge is 2.05. The molecule has 0 amide bonds. The van der Waals surface area contributed by atoms with Crippen molar-refractivity contribution >= 4 is 6.29 Å². The van der Waals surface area contributed by atoms with Crippen LogP contribution in [0.2, 0.25) is 0 Å². The Bertz CT molecular complexity index is 380. The summed E-state index contributed by atoms with van der Waals surface area (Å²) in [5, 5.41) is 8.36. The summed E-state index contributed by atoms with van der Waals surface area (Å²) in [4.78, 5) is 10.7. The number of rotatable bonds is 5. The van der Waals surface area contributed by atoms with Gasteiger partial charge in [-0.3, -0.25) is 4.79 Å². The SMILES string of the molecule is Cc1cccc(C=O)c1OCCCC#N. The van der Waals surface area contributed by atoms with Gasteiger partial charge in [-0.05, 0) is 25.0 Å². The van der Waals surface area contributed by atoms with E-state index in [1.165, 1.54) is 0 Å². The van der Waals surface area contributed by atoms with Crippen LogP contribution in [-0.4, -0.2) is 12.9 Å². The predicted molar refractivity (Wildman–Crippen MR) is 56.9 cm³/mol. The van der Waals surface area contributed by atoms with Crippen molar-refractivity contribution in [1.29, 1.82) is 5.26 Å². The van der Waals surface area contributed by atoms with Crippen LogP contribution in [-0.2, 0) is 0 Å². The molecule has 0 aliphatic heterocycles. The lowest BCUT2D eigenvalue weighted by Crippen LogP contribution is -2.01. The van der Waals surface area contributed by atoms with Crippen molar-refractivity contribution in [2.45, 2.75) is 19.8 Å². The molecule has 0 bridgehead atoms. The Hall–Kier alpha value is -1.82. The molecule has 0 saturated carbocycles. The monoisotopic (exact) mass is 203 g/mol. The molecule has 0 fully saturated rings. The molecule has 0 N–H and O–H groups in total. The summed E-state index contributed by atoms with van der Waals surface area (Å²) in [7, 11) is 0. The maximum absolute atomic E-state index is 10.7. The highest BCUT2D eigenvalue weighted by Crippen LogP contribution is 2.21. The Kier molecular flexibility index (Phi) is 4.36. The van der Waals surface area contributed by atoms with Gasteiger partial charge in [-0.2, -0.15) is 5.26 Å². The number of unbranched alkanes of at least 4 members (excludes halogenated alkanes) is 1. The van der Waals surface area contributed by atoms with Gasteiger partial charge in [0.1, 0.15) is 5.75 Å². The number of para-hydroxylation sites is 1. The number of carbonyl (C=O) groups excluding carboxylic acids is 1. The van der Waals surface area contributed by atoms with Crippen molar-refractivity contribution in [2.24, 2.45) is 0 Å². The zero-order valence-electron chi connectivity index (χ0n) is 8.69. The van der Waals surface area contributed by atoms with E-state index >= 15 is 0 Å². The van der Waals surface area contributed by atoms with Gasteiger partial charge in [0.2, 0.25) is 0 Å². The van der Waals surface area contributed by atoms with Crippen LogP contribution in [0.25, 0.3) is 0 Å². The van der Waals surface area contributed by atoms with Gasteiger partial charge in [-0.1, -0.05) is 12.1 Å². The first kappa shape index (κ1) is 11.3. The molecule has 3 heteroatoms. The van der Waals surface area contributed by atoms with E-state index in [0.29, 0.717) is 30.8 Å². The number of hydrogen-bond acceptors (Lipinski definition) is 3. The van der Waals surface area contributed by atoms with E-state index in [0.717, 1.165) is 11.8 Å².